The molecule has 1 saturated carbocycles. The molecule has 0 atom stereocenters. The van der Waals surface area contributed by atoms with Crippen molar-refractivity contribution < 1.29 is 54.9 Å². The number of phenols is 5. The zero-order valence-corrected chi connectivity index (χ0v) is 18.8. The van der Waals surface area contributed by atoms with Crippen molar-refractivity contribution in [3.05, 3.63) is 63.2 Å². The lowest BCUT2D eigenvalue weighted by Crippen LogP contribution is -2.27. The largest absolute Gasteiger partial charge is 0.507 e. The van der Waals surface area contributed by atoms with Crippen molar-refractivity contribution in [1.29, 1.82) is 0 Å². The van der Waals surface area contributed by atoms with E-state index in [2.05, 4.69) is 0 Å². The first-order valence-corrected chi connectivity index (χ1v) is 11.0. The summed E-state index contributed by atoms with van der Waals surface area (Å²) in [5.41, 5.74) is -5.14. The van der Waals surface area contributed by atoms with E-state index in [0.717, 1.165) is 18.4 Å². The van der Waals surface area contributed by atoms with Crippen molar-refractivity contribution >= 4 is 23.3 Å². The summed E-state index contributed by atoms with van der Waals surface area (Å²) < 4.78 is 0. The van der Waals surface area contributed by atoms with Crippen molar-refractivity contribution in [2.75, 3.05) is 6.61 Å². The number of hydrogen-bond donors (Lipinski definition) is 7. The standard InChI is InChI=1S/C26H18O11/c27-7-14(30)17-15-11(6-13(29)18(17)26(36)37)21(31)19-20(22(15)32)23(33)16(24(34)25(19)35)10-5-9(8-1-2-8)3-4-12(10)28/h3-6,8,27-29,33-35H,1-2,7H2,(H,36,37). The Morgan fingerprint density at radius 3 is 1.95 bits per heavy atom. The van der Waals surface area contributed by atoms with Crippen molar-refractivity contribution in [2.24, 2.45) is 0 Å². The summed E-state index contributed by atoms with van der Waals surface area (Å²) in [6, 6.07) is 5.02. The van der Waals surface area contributed by atoms with Crippen LogP contribution in [-0.2, 0) is 0 Å². The average Bonchev–Trinajstić information content (AvgIpc) is 3.70. The van der Waals surface area contributed by atoms with Crippen LogP contribution < -0.4 is 0 Å². The van der Waals surface area contributed by atoms with E-state index in [0.29, 0.717) is 6.07 Å². The van der Waals surface area contributed by atoms with Crippen LogP contribution in [0, 0.1) is 0 Å². The number of rotatable bonds is 5. The summed E-state index contributed by atoms with van der Waals surface area (Å²) in [7, 11) is 0. The summed E-state index contributed by atoms with van der Waals surface area (Å²) in [5, 5.41) is 72.3. The van der Waals surface area contributed by atoms with Crippen LogP contribution in [0.5, 0.6) is 28.7 Å². The fourth-order valence-electron chi connectivity index (χ4n) is 4.75. The first kappa shape index (κ1) is 23.8. The first-order valence-electron chi connectivity index (χ1n) is 11.0. The van der Waals surface area contributed by atoms with Gasteiger partial charge in [-0.1, -0.05) is 6.07 Å². The molecule has 0 unspecified atom stereocenters. The van der Waals surface area contributed by atoms with Gasteiger partial charge >= 0.3 is 5.97 Å². The number of carbonyl (C=O) groups excluding carboxylic acids is 3. The van der Waals surface area contributed by atoms with Crippen molar-refractivity contribution in [1.82, 2.24) is 0 Å². The number of carboxylic acids is 1. The summed E-state index contributed by atoms with van der Waals surface area (Å²) in [5.74, 6) is -10.1. The minimum Gasteiger partial charge on any atom is -0.507 e. The summed E-state index contributed by atoms with van der Waals surface area (Å²) in [4.78, 5) is 51.2. The van der Waals surface area contributed by atoms with Crippen LogP contribution in [0.3, 0.4) is 0 Å². The molecule has 5 rings (SSSR count). The Bertz CT molecular complexity index is 1600. The lowest BCUT2D eigenvalue weighted by atomic mass is 9.77. The first-order chi connectivity index (χ1) is 17.5. The Morgan fingerprint density at radius 1 is 0.730 bits per heavy atom. The number of phenolic OH excluding ortho intramolecular Hbond substituents is 4. The van der Waals surface area contributed by atoms with Gasteiger partial charge in [0.15, 0.2) is 28.8 Å². The molecule has 0 aliphatic heterocycles. The lowest BCUT2D eigenvalue weighted by molar-refractivity contribution is 0.0686. The number of fused-ring (bicyclic) bond motifs is 2. The van der Waals surface area contributed by atoms with E-state index < -0.39 is 97.6 Å². The molecule has 188 valence electrons. The molecule has 3 aromatic carbocycles. The molecule has 3 aromatic rings. The van der Waals surface area contributed by atoms with E-state index in [-0.39, 0.29) is 11.5 Å². The number of aromatic hydroxyl groups is 5. The van der Waals surface area contributed by atoms with Crippen LogP contribution in [0.2, 0.25) is 0 Å². The minimum absolute atomic E-state index is 0.146. The van der Waals surface area contributed by atoms with Gasteiger partial charge in [0.1, 0.15) is 29.4 Å². The highest BCUT2D eigenvalue weighted by Gasteiger charge is 2.43. The Balaban J connectivity index is 1.85. The maximum Gasteiger partial charge on any atom is 0.340 e. The van der Waals surface area contributed by atoms with Gasteiger partial charge in [-0.3, -0.25) is 14.4 Å². The van der Waals surface area contributed by atoms with Crippen LogP contribution in [0.15, 0.2) is 24.3 Å². The predicted octanol–water partition coefficient (Wildman–Crippen LogP) is 2.41. The Morgan fingerprint density at radius 2 is 1.35 bits per heavy atom. The Hall–Kier alpha value is -4.90. The van der Waals surface area contributed by atoms with Gasteiger partial charge < -0.3 is 35.7 Å². The molecule has 0 aromatic heterocycles. The molecular weight excluding hydrogens is 488 g/mol. The number of carboxylic acid groups (broad SMARTS) is 1. The van der Waals surface area contributed by atoms with Crippen LogP contribution in [0.1, 0.15) is 76.9 Å². The second-order valence-corrected chi connectivity index (χ2v) is 8.83. The Kier molecular flexibility index (Phi) is 5.19. The third-order valence-corrected chi connectivity index (χ3v) is 6.63. The smallest absolute Gasteiger partial charge is 0.340 e. The molecule has 0 radical (unpaired) electrons. The molecule has 2 aliphatic rings. The Labute approximate surface area is 207 Å². The highest BCUT2D eigenvalue weighted by molar-refractivity contribution is 6.34. The SMILES string of the molecule is O=C(O)c1c(O)cc2c(c1C(=O)CO)C(=O)c1c(O)c(-c3cc(C4CC4)ccc3O)c(O)c(O)c1C2=O. The van der Waals surface area contributed by atoms with E-state index in [1.54, 1.807) is 6.07 Å². The van der Waals surface area contributed by atoms with E-state index in [4.69, 9.17) is 0 Å². The molecule has 11 nitrogen and oxygen atoms in total. The number of aliphatic hydroxyl groups excluding tert-OH is 1. The highest BCUT2D eigenvalue weighted by Crippen LogP contribution is 2.54. The fraction of sp³-hybridized carbons (Fsp3) is 0.154. The number of hydrogen-bond acceptors (Lipinski definition) is 10. The molecule has 37 heavy (non-hydrogen) atoms. The lowest BCUT2D eigenvalue weighted by Gasteiger charge is -2.25. The third-order valence-electron chi connectivity index (χ3n) is 6.63. The molecular formula is C26H18O11. The summed E-state index contributed by atoms with van der Waals surface area (Å²) in [6.07, 6.45) is 1.75. The van der Waals surface area contributed by atoms with Gasteiger partial charge in [0, 0.05) is 16.7 Å². The summed E-state index contributed by atoms with van der Waals surface area (Å²) in [6.45, 7) is -1.27. The van der Waals surface area contributed by atoms with Gasteiger partial charge in [-0.05, 0) is 42.5 Å². The second kappa shape index (κ2) is 8.07. The summed E-state index contributed by atoms with van der Waals surface area (Å²) >= 11 is 0. The number of benzene rings is 3. The molecule has 7 N–H and O–H groups in total. The topological polar surface area (TPSA) is 210 Å². The maximum atomic E-state index is 13.6. The molecule has 1 fully saturated rings. The van der Waals surface area contributed by atoms with Crippen molar-refractivity contribution in [3.8, 4) is 39.9 Å². The van der Waals surface area contributed by atoms with Gasteiger partial charge in [0.2, 0.25) is 0 Å². The van der Waals surface area contributed by atoms with Crippen LogP contribution in [0.25, 0.3) is 11.1 Å². The number of carbonyl (C=O) groups is 4. The molecule has 0 heterocycles. The molecule has 0 amide bonds. The van der Waals surface area contributed by atoms with E-state index >= 15 is 0 Å². The van der Waals surface area contributed by atoms with Gasteiger partial charge in [-0.15, -0.1) is 0 Å². The van der Waals surface area contributed by atoms with Gasteiger partial charge in [0.05, 0.1) is 22.3 Å². The zero-order valence-electron chi connectivity index (χ0n) is 18.8. The second-order valence-electron chi connectivity index (χ2n) is 8.83. The maximum absolute atomic E-state index is 13.6. The zero-order chi connectivity index (χ0) is 26.9. The third kappa shape index (κ3) is 3.32. The van der Waals surface area contributed by atoms with Crippen molar-refractivity contribution in [2.45, 2.75) is 18.8 Å². The molecule has 0 spiro atoms. The number of Topliss-reactive ketones (excluding diaryl/α,β-unsaturated/α-hetero) is 1. The minimum atomic E-state index is -1.83. The van der Waals surface area contributed by atoms with E-state index in [1.165, 1.54) is 12.1 Å². The fourth-order valence-corrected chi connectivity index (χ4v) is 4.75. The number of aliphatic hydroxyl groups is 1. The monoisotopic (exact) mass is 506 g/mol. The average molecular weight is 506 g/mol. The van der Waals surface area contributed by atoms with Gasteiger partial charge in [-0.2, -0.15) is 0 Å². The van der Waals surface area contributed by atoms with Crippen LogP contribution >= 0.6 is 0 Å². The predicted molar refractivity (Wildman–Crippen MR) is 124 cm³/mol. The van der Waals surface area contributed by atoms with Gasteiger partial charge in [0.25, 0.3) is 0 Å². The van der Waals surface area contributed by atoms with Crippen LogP contribution in [0.4, 0.5) is 0 Å². The quantitative estimate of drug-likeness (QED) is 0.119. The molecule has 0 bridgehead atoms. The molecule has 0 saturated heterocycles. The molecule has 2 aliphatic carbocycles. The number of aromatic carboxylic acids is 1. The normalized spacial score (nSPS) is 14.3. The van der Waals surface area contributed by atoms with E-state index in [9.17, 15) is 54.9 Å². The number of ketones is 3. The van der Waals surface area contributed by atoms with Crippen LogP contribution in [-0.4, -0.2) is 65.7 Å². The van der Waals surface area contributed by atoms with E-state index in [1.807, 2.05) is 0 Å². The highest BCUT2D eigenvalue weighted by atomic mass is 16.4. The van der Waals surface area contributed by atoms with Crippen molar-refractivity contribution in [3.63, 3.8) is 0 Å². The molecule has 11 heteroatoms. The van der Waals surface area contributed by atoms with Gasteiger partial charge in [-0.25, -0.2) is 4.79 Å².